The number of rotatable bonds is 5. The number of carbonyl (C=O) groups is 1. The number of furan rings is 1. The number of aromatic carboxylic acids is 1. The molecule has 0 bridgehead atoms. The van der Waals surface area contributed by atoms with Crippen molar-refractivity contribution in [2.45, 2.75) is 17.1 Å². The van der Waals surface area contributed by atoms with Crippen LogP contribution in [0.5, 0.6) is 0 Å². The predicted octanol–water partition coefficient (Wildman–Crippen LogP) is 1.41. The second kappa shape index (κ2) is 6.42. The molecule has 0 aromatic carbocycles. The lowest BCUT2D eigenvalue weighted by Gasteiger charge is -2.20. The highest BCUT2D eigenvalue weighted by atomic mass is 32.2. The molecule has 1 atom stereocenters. The van der Waals surface area contributed by atoms with Gasteiger partial charge in [0.1, 0.15) is 10.7 Å². The molecule has 1 saturated heterocycles. The van der Waals surface area contributed by atoms with Gasteiger partial charge in [-0.25, -0.2) is 17.9 Å². The molecular weight excluding hydrogens is 322 g/mol. The number of hydrogen-bond donors (Lipinski definition) is 2. The van der Waals surface area contributed by atoms with E-state index in [1.165, 1.54) is 6.92 Å². The van der Waals surface area contributed by atoms with Crippen LogP contribution in [0.4, 0.5) is 0 Å². The summed E-state index contributed by atoms with van der Waals surface area (Å²) in [6, 6.07) is 1.04. The highest BCUT2D eigenvalue weighted by Gasteiger charge is 2.25. The largest absolute Gasteiger partial charge is 0.475 e. The van der Waals surface area contributed by atoms with Gasteiger partial charge in [-0.05, 0) is 6.92 Å². The Balaban J connectivity index is 2.07. The average molecular weight is 337 g/mol. The Morgan fingerprint density at radius 2 is 2.30 bits per heavy atom. The second-order valence-electron chi connectivity index (χ2n) is 4.26. The lowest BCUT2D eigenvalue weighted by Crippen LogP contribution is -2.33. The van der Waals surface area contributed by atoms with Crippen LogP contribution in [-0.2, 0) is 10.0 Å². The van der Waals surface area contributed by atoms with E-state index >= 15 is 0 Å². The summed E-state index contributed by atoms with van der Waals surface area (Å²) in [5.41, 5.74) is 0. The van der Waals surface area contributed by atoms with E-state index in [4.69, 9.17) is 9.52 Å². The summed E-state index contributed by atoms with van der Waals surface area (Å²) in [6.45, 7) is 1.78. The van der Waals surface area contributed by atoms with E-state index in [9.17, 15) is 13.2 Å². The maximum absolute atomic E-state index is 12.2. The van der Waals surface area contributed by atoms with E-state index in [0.29, 0.717) is 6.54 Å². The first-order chi connectivity index (χ1) is 9.40. The van der Waals surface area contributed by atoms with E-state index in [-0.39, 0.29) is 21.7 Å². The molecule has 1 aliphatic rings. The third-order valence-electron chi connectivity index (χ3n) is 2.76. The third kappa shape index (κ3) is 3.72. The van der Waals surface area contributed by atoms with Gasteiger partial charge < -0.3 is 9.52 Å². The van der Waals surface area contributed by atoms with Gasteiger partial charge in [0.25, 0.3) is 0 Å². The molecule has 1 unspecified atom stereocenters. The first-order valence-corrected chi connectivity index (χ1v) is 9.61. The molecule has 1 aliphatic heterocycles. The Morgan fingerprint density at radius 1 is 1.55 bits per heavy atom. The number of thioether (sulfide) groups is 2. The van der Waals surface area contributed by atoms with Gasteiger partial charge in [0.15, 0.2) is 0 Å². The van der Waals surface area contributed by atoms with Crippen molar-refractivity contribution in [3.63, 3.8) is 0 Å². The van der Waals surface area contributed by atoms with Gasteiger partial charge in [-0.2, -0.15) is 23.5 Å². The van der Waals surface area contributed by atoms with Gasteiger partial charge in [-0.3, -0.25) is 0 Å². The number of aryl methyl sites for hydroxylation is 1. The minimum absolute atomic E-state index is 0.0839. The molecule has 9 heteroatoms. The van der Waals surface area contributed by atoms with E-state index in [0.717, 1.165) is 23.3 Å². The minimum atomic E-state index is -3.73. The van der Waals surface area contributed by atoms with Crippen molar-refractivity contribution >= 4 is 39.5 Å². The number of carboxylic acids is 1. The van der Waals surface area contributed by atoms with Crippen LogP contribution in [0.3, 0.4) is 0 Å². The zero-order valence-electron chi connectivity index (χ0n) is 10.8. The van der Waals surface area contributed by atoms with E-state index in [1.807, 2.05) is 11.8 Å². The quantitative estimate of drug-likeness (QED) is 0.838. The molecule has 0 amide bonds. The van der Waals surface area contributed by atoms with Gasteiger partial charge in [0.05, 0.1) is 0 Å². The fraction of sp³-hybridized carbons (Fsp3) is 0.545. The number of nitrogens with one attached hydrogen (secondary N) is 1. The van der Waals surface area contributed by atoms with Crippen LogP contribution in [-0.4, -0.2) is 48.5 Å². The SMILES string of the molecule is Cc1oc(C(=O)O)cc1S(=O)(=O)NCC1CSCCS1. The van der Waals surface area contributed by atoms with Crippen LogP contribution >= 0.6 is 23.5 Å². The average Bonchev–Trinajstić information content (AvgIpc) is 2.81. The van der Waals surface area contributed by atoms with E-state index < -0.39 is 16.0 Å². The zero-order valence-corrected chi connectivity index (χ0v) is 13.2. The zero-order chi connectivity index (χ0) is 14.8. The topological polar surface area (TPSA) is 96.6 Å². The Hall–Kier alpha value is -0.640. The standard InChI is InChI=1S/C11H15NO5S3/c1-7-10(4-9(17-7)11(13)14)20(15,16)12-5-8-6-18-2-3-19-8/h4,8,12H,2-3,5-6H2,1H3,(H,13,14). The maximum Gasteiger partial charge on any atom is 0.371 e. The molecule has 0 aliphatic carbocycles. The van der Waals surface area contributed by atoms with Crippen molar-refractivity contribution in [2.75, 3.05) is 23.8 Å². The summed E-state index contributed by atoms with van der Waals surface area (Å²) >= 11 is 3.56. The molecule has 2 rings (SSSR count). The molecule has 112 valence electrons. The van der Waals surface area contributed by atoms with Gasteiger partial charge in [-0.1, -0.05) is 0 Å². The minimum Gasteiger partial charge on any atom is -0.475 e. The van der Waals surface area contributed by atoms with Crippen LogP contribution < -0.4 is 4.72 Å². The van der Waals surface area contributed by atoms with E-state index in [2.05, 4.69) is 4.72 Å². The molecule has 0 saturated carbocycles. The van der Waals surface area contributed by atoms with Crippen LogP contribution in [0.1, 0.15) is 16.3 Å². The molecule has 1 aromatic rings. The predicted molar refractivity (Wildman–Crippen MR) is 79.2 cm³/mol. The second-order valence-corrected chi connectivity index (χ2v) is 8.55. The maximum atomic E-state index is 12.2. The molecular formula is C11H15NO5S3. The highest BCUT2D eigenvalue weighted by molar-refractivity contribution is 8.06. The number of hydrogen-bond acceptors (Lipinski definition) is 6. The molecule has 20 heavy (non-hydrogen) atoms. The monoisotopic (exact) mass is 337 g/mol. The van der Waals surface area contributed by atoms with Crippen molar-refractivity contribution in [3.8, 4) is 0 Å². The van der Waals surface area contributed by atoms with Crippen molar-refractivity contribution in [2.24, 2.45) is 0 Å². The van der Waals surface area contributed by atoms with Crippen molar-refractivity contribution in [1.82, 2.24) is 4.72 Å². The number of sulfonamides is 1. The van der Waals surface area contributed by atoms with E-state index in [1.54, 1.807) is 11.8 Å². The van der Waals surface area contributed by atoms with Gasteiger partial charge in [0.2, 0.25) is 15.8 Å². The first-order valence-electron chi connectivity index (χ1n) is 5.93. The summed E-state index contributed by atoms with van der Waals surface area (Å²) in [5, 5.41) is 9.05. The van der Waals surface area contributed by atoms with Crippen molar-refractivity contribution < 1.29 is 22.7 Å². The lowest BCUT2D eigenvalue weighted by atomic mass is 10.4. The Morgan fingerprint density at radius 3 is 2.85 bits per heavy atom. The fourth-order valence-electron chi connectivity index (χ4n) is 1.77. The van der Waals surface area contributed by atoms with Gasteiger partial charge in [-0.15, -0.1) is 0 Å². The highest BCUT2D eigenvalue weighted by Crippen LogP contribution is 2.24. The summed E-state index contributed by atoms with van der Waals surface area (Å²) in [7, 11) is -3.73. The van der Waals surface area contributed by atoms with Crippen molar-refractivity contribution in [3.05, 3.63) is 17.6 Å². The normalized spacial score (nSPS) is 19.9. The summed E-state index contributed by atoms with van der Waals surface area (Å²) in [5.74, 6) is 1.46. The molecule has 0 radical (unpaired) electrons. The van der Waals surface area contributed by atoms with Gasteiger partial charge >= 0.3 is 5.97 Å². The smallest absolute Gasteiger partial charge is 0.371 e. The summed E-state index contributed by atoms with van der Waals surface area (Å²) < 4.78 is 31.8. The molecule has 6 nitrogen and oxygen atoms in total. The van der Waals surface area contributed by atoms with Gasteiger partial charge in [0, 0.05) is 35.1 Å². The van der Waals surface area contributed by atoms with Crippen LogP contribution in [0, 0.1) is 6.92 Å². The Kier molecular flexibility index (Phi) is 5.05. The summed E-state index contributed by atoms with van der Waals surface area (Å²) in [6.07, 6.45) is 0. The molecule has 1 fully saturated rings. The number of carboxylic acid groups (broad SMARTS) is 1. The van der Waals surface area contributed by atoms with Crippen LogP contribution in [0.15, 0.2) is 15.4 Å². The molecule has 0 spiro atoms. The first kappa shape index (κ1) is 15.7. The van der Waals surface area contributed by atoms with Crippen LogP contribution in [0.25, 0.3) is 0 Å². The van der Waals surface area contributed by atoms with Crippen molar-refractivity contribution in [1.29, 1.82) is 0 Å². The summed E-state index contributed by atoms with van der Waals surface area (Å²) in [4.78, 5) is 10.7. The Labute approximate surface area is 125 Å². The molecule has 2 heterocycles. The fourth-order valence-corrected chi connectivity index (χ4v) is 5.75. The third-order valence-corrected chi connectivity index (χ3v) is 7.13. The molecule has 2 N–H and O–H groups in total. The Bertz CT molecular complexity index is 589. The lowest BCUT2D eigenvalue weighted by molar-refractivity contribution is 0.0661. The van der Waals surface area contributed by atoms with Crippen LogP contribution in [0.2, 0.25) is 0 Å². The molecule has 1 aromatic heterocycles.